The Morgan fingerprint density at radius 2 is 1.95 bits per heavy atom. The van der Waals surface area contributed by atoms with Crippen molar-refractivity contribution in [3.63, 3.8) is 0 Å². The number of nitrogens with two attached hydrogens (primary N) is 1. The van der Waals surface area contributed by atoms with Crippen molar-refractivity contribution < 1.29 is 9.90 Å². The van der Waals surface area contributed by atoms with E-state index in [1.54, 1.807) is 4.57 Å². The molecule has 4 heterocycles. The number of carbonyl (C=O) groups excluding carboxylic acids is 1. The second-order valence-electron chi connectivity index (χ2n) is 9.16. The van der Waals surface area contributed by atoms with Crippen LogP contribution in [0.2, 0.25) is 0 Å². The predicted octanol–water partition coefficient (Wildman–Crippen LogP) is 0.612. The van der Waals surface area contributed by atoms with Gasteiger partial charge in [-0.25, -0.2) is 14.3 Å². The van der Waals surface area contributed by atoms with E-state index in [-0.39, 0.29) is 28.8 Å². The van der Waals surface area contributed by atoms with Crippen LogP contribution in [-0.2, 0) is 24.9 Å². The Morgan fingerprint density at radius 1 is 1.16 bits per heavy atom. The molecule has 0 spiro atoms. The summed E-state index contributed by atoms with van der Waals surface area (Å²) in [6.07, 6.45) is 3.20. The SMILES string of the molecule is Cn1c(=O)n(CC(=O)Nc2ncccc2O)c(=O)c2c1nc(N1CCCC(N)C1)n2Cc1ccccc1. The second kappa shape index (κ2) is 9.90. The molecule has 0 radical (unpaired) electrons. The van der Waals surface area contributed by atoms with Gasteiger partial charge in [-0.1, -0.05) is 30.3 Å². The maximum absolute atomic E-state index is 13.7. The molecule has 1 amide bonds. The average molecular weight is 505 g/mol. The molecule has 0 saturated carbocycles. The van der Waals surface area contributed by atoms with Gasteiger partial charge in [-0.15, -0.1) is 0 Å². The lowest BCUT2D eigenvalue weighted by Gasteiger charge is -2.31. The van der Waals surface area contributed by atoms with Crippen molar-refractivity contribution in [1.29, 1.82) is 0 Å². The van der Waals surface area contributed by atoms with Gasteiger partial charge >= 0.3 is 5.69 Å². The van der Waals surface area contributed by atoms with Crippen molar-refractivity contribution in [2.24, 2.45) is 12.8 Å². The van der Waals surface area contributed by atoms with Crippen molar-refractivity contribution >= 4 is 28.8 Å². The molecule has 4 N–H and O–H groups in total. The van der Waals surface area contributed by atoms with E-state index in [2.05, 4.69) is 10.3 Å². The highest BCUT2D eigenvalue weighted by molar-refractivity contribution is 5.91. The number of piperidine rings is 1. The second-order valence-corrected chi connectivity index (χ2v) is 9.16. The molecular weight excluding hydrogens is 476 g/mol. The molecule has 1 aliphatic rings. The normalized spacial score (nSPS) is 15.7. The number of fused-ring (bicyclic) bond motifs is 1. The lowest BCUT2D eigenvalue weighted by Crippen LogP contribution is -2.44. The number of imidazole rings is 1. The molecular formula is C25H28N8O4. The molecule has 5 rings (SSSR count). The van der Waals surface area contributed by atoms with Crippen LogP contribution in [0.15, 0.2) is 58.3 Å². The molecule has 1 atom stereocenters. The Kier molecular flexibility index (Phi) is 6.49. The maximum atomic E-state index is 13.7. The van der Waals surface area contributed by atoms with Crippen LogP contribution < -0.4 is 27.2 Å². The summed E-state index contributed by atoms with van der Waals surface area (Å²) in [5.41, 5.74) is 6.33. The predicted molar refractivity (Wildman–Crippen MR) is 139 cm³/mol. The summed E-state index contributed by atoms with van der Waals surface area (Å²) < 4.78 is 3.94. The molecule has 1 aliphatic heterocycles. The first kappa shape index (κ1) is 24.3. The monoisotopic (exact) mass is 504 g/mol. The van der Waals surface area contributed by atoms with Gasteiger partial charge in [-0.05, 0) is 30.5 Å². The van der Waals surface area contributed by atoms with E-state index in [9.17, 15) is 19.5 Å². The number of hydrogen-bond donors (Lipinski definition) is 3. The van der Waals surface area contributed by atoms with Crippen molar-refractivity contribution in [1.82, 2.24) is 23.7 Å². The number of pyridine rings is 1. The Labute approximate surface area is 211 Å². The Morgan fingerprint density at radius 3 is 2.68 bits per heavy atom. The zero-order chi connectivity index (χ0) is 26.1. The van der Waals surface area contributed by atoms with Gasteiger partial charge in [0.05, 0.1) is 6.54 Å². The standard InChI is InChI=1S/C25H28N8O4/c1-30-22-20(23(36)33(25(30)37)15-19(35)28-21-18(34)10-5-11-27-21)32(13-16-7-3-2-4-8-16)24(29-22)31-12-6-9-17(26)14-31/h2-5,7-8,10-11,17,34H,6,9,12-15,26H2,1H3,(H,27,28,35). The van der Waals surface area contributed by atoms with Gasteiger partial charge in [0.25, 0.3) is 5.56 Å². The number of benzene rings is 1. The summed E-state index contributed by atoms with van der Waals surface area (Å²) in [6, 6.07) is 12.5. The van der Waals surface area contributed by atoms with Crippen LogP contribution in [-0.4, -0.2) is 53.8 Å². The van der Waals surface area contributed by atoms with Gasteiger partial charge < -0.3 is 21.1 Å². The largest absolute Gasteiger partial charge is 0.504 e. The molecule has 1 saturated heterocycles. The highest BCUT2D eigenvalue weighted by Crippen LogP contribution is 2.24. The van der Waals surface area contributed by atoms with Gasteiger partial charge in [-0.3, -0.25) is 18.7 Å². The summed E-state index contributed by atoms with van der Waals surface area (Å²) in [5.74, 6) is -0.404. The van der Waals surface area contributed by atoms with Crippen molar-refractivity contribution in [2.45, 2.75) is 32.0 Å². The molecule has 0 bridgehead atoms. The van der Waals surface area contributed by atoms with Crippen molar-refractivity contribution in [3.8, 4) is 5.75 Å². The Hall–Kier alpha value is -4.45. The van der Waals surface area contributed by atoms with Crippen LogP contribution in [0.4, 0.5) is 11.8 Å². The molecule has 1 unspecified atom stereocenters. The number of aryl methyl sites for hydroxylation is 1. The molecule has 192 valence electrons. The van der Waals surface area contributed by atoms with Crippen LogP contribution in [0.3, 0.4) is 0 Å². The zero-order valence-electron chi connectivity index (χ0n) is 20.4. The summed E-state index contributed by atoms with van der Waals surface area (Å²) in [6.45, 7) is 1.10. The molecule has 12 heteroatoms. The third-order valence-electron chi connectivity index (χ3n) is 6.48. The minimum atomic E-state index is -0.677. The van der Waals surface area contributed by atoms with Crippen LogP contribution in [0.25, 0.3) is 11.2 Å². The smallest absolute Gasteiger partial charge is 0.332 e. The van der Waals surface area contributed by atoms with E-state index in [1.807, 2.05) is 35.2 Å². The van der Waals surface area contributed by atoms with Gasteiger partial charge in [0.15, 0.2) is 22.7 Å². The summed E-state index contributed by atoms with van der Waals surface area (Å²) >= 11 is 0. The minimum Gasteiger partial charge on any atom is -0.504 e. The highest BCUT2D eigenvalue weighted by atomic mass is 16.3. The number of hydrogen-bond acceptors (Lipinski definition) is 8. The topological polar surface area (TPSA) is 153 Å². The lowest BCUT2D eigenvalue weighted by molar-refractivity contribution is -0.116. The average Bonchev–Trinajstić information content (AvgIpc) is 3.27. The number of rotatable bonds is 6. The summed E-state index contributed by atoms with van der Waals surface area (Å²) in [7, 11) is 1.52. The molecule has 3 aromatic heterocycles. The van der Waals surface area contributed by atoms with E-state index < -0.39 is 23.7 Å². The van der Waals surface area contributed by atoms with Gasteiger partial charge in [0.1, 0.15) is 6.54 Å². The fourth-order valence-electron chi connectivity index (χ4n) is 4.66. The van der Waals surface area contributed by atoms with E-state index >= 15 is 0 Å². The summed E-state index contributed by atoms with van der Waals surface area (Å²) in [5, 5.41) is 12.3. The van der Waals surface area contributed by atoms with Crippen LogP contribution in [0, 0.1) is 0 Å². The fourth-order valence-corrected chi connectivity index (χ4v) is 4.66. The van der Waals surface area contributed by atoms with Crippen LogP contribution in [0.1, 0.15) is 18.4 Å². The Bertz CT molecular complexity index is 1570. The molecule has 4 aromatic rings. The third kappa shape index (κ3) is 4.70. The first-order valence-electron chi connectivity index (χ1n) is 12.0. The number of anilines is 2. The molecule has 1 fully saturated rings. The Balaban J connectivity index is 1.62. The molecule has 0 aliphatic carbocycles. The summed E-state index contributed by atoms with van der Waals surface area (Å²) in [4.78, 5) is 50.3. The molecule has 12 nitrogen and oxygen atoms in total. The van der Waals surface area contributed by atoms with E-state index in [0.717, 1.165) is 29.5 Å². The number of aromatic hydroxyl groups is 1. The maximum Gasteiger partial charge on any atom is 0.332 e. The highest BCUT2D eigenvalue weighted by Gasteiger charge is 2.27. The van der Waals surface area contributed by atoms with Crippen LogP contribution >= 0.6 is 0 Å². The first-order valence-corrected chi connectivity index (χ1v) is 12.0. The number of nitrogens with one attached hydrogen (secondary N) is 1. The number of carbonyl (C=O) groups is 1. The van der Waals surface area contributed by atoms with Crippen molar-refractivity contribution in [2.75, 3.05) is 23.3 Å². The number of amides is 1. The van der Waals surface area contributed by atoms with Crippen molar-refractivity contribution in [3.05, 3.63) is 75.1 Å². The lowest BCUT2D eigenvalue weighted by atomic mass is 10.1. The van der Waals surface area contributed by atoms with Gasteiger partial charge in [0, 0.05) is 32.4 Å². The quantitative estimate of drug-likeness (QED) is 0.345. The van der Waals surface area contributed by atoms with E-state index in [1.165, 1.54) is 29.9 Å². The fraction of sp³-hybridized carbons (Fsp3) is 0.320. The van der Waals surface area contributed by atoms with Gasteiger partial charge in [0.2, 0.25) is 11.9 Å². The molecule has 37 heavy (non-hydrogen) atoms. The zero-order valence-corrected chi connectivity index (χ0v) is 20.4. The van der Waals surface area contributed by atoms with Gasteiger partial charge in [-0.2, -0.15) is 4.98 Å². The van der Waals surface area contributed by atoms with E-state index in [0.29, 0.717) is 19.0 Å². The van der Waals surface area contributed by atoms with E-state index in [4.69, 9.17) is 10.7 Å². The molecule has 1 aromatic carbocycles. The minimum absolute atomic E-state index is 0.0223. The number of aromatic nitrogens is 5. The third-order valence-corrected chi connectivity index (χ3v) is 6.48. The number of nitrogens with zero attached hydrogens (tertiary/aromatic N) is 6. The van der Waals surface area contributed by atoms with Crippen LogP contribution in [0.5, 0.6) is 5.75 Å². The first-order chi connectivity index (χ1) is 17.8.